The first-order valence-electron chi connectivity index (χ1n) is 9.70. The van der Waals surface area contributed by atoms with Crippen molar-refractivity contribution in [1.82, 2.24) is 15.5 Å². The van der Waals surface area contributed by atoms with Crippen LogP contribution >= 0.6 is 0 Å². The van der Waals surface area contributed by atoms with Crippen molar-refractivity contribution < 1.29 is 9.90 Å². The van der Waals surface area contributed by atoms with Gasteiger partial charge in [-0.15, -0.1) is 0 Å². The van der Waals surface area contributed by atoms with E-state index in [0.717, 1.165) is 31.1 Å². The number of benzene rings is 1. The molecule has 25 heavy (non-hydrogen) atoms. The summed E-state index contributed by atoms with van der Waals surface area (Å²) in [5.74, 6) is 0.149. The van der Waals surface area contributed by atoms with E-state index < -0.39 is 0 Å². The maximum Gasteiger partial charge on any atom is 0.315 e. The Morgan fingerprint density at radius 3 is 2.68 bits per heavy atom. The zero-order valence-electron chi connectivity index (χ0n) is 15.0. The lowest BCUT2D eigenvalue weighted by Gasteiger charge is -2.23. The summed E-state index contributed by atoms with van der Waals surface area (Å²) in [6, 6.07) is 11.0. The first kappa shape index (κ1) is 18.2. The highest BCUT2D eigenvalue weighted by Gasteiger charge is 2.30. The van der Waals surface area contributed by atoms with Crippen molar-refractivity contribution in [3.8, 4) is 0 Å². The summed E-state index contributed by atoms with van der Waals surface area (Å²) in [7, 11) is 0. The van der Waals surface area contributed by atoms with E-state index in [1.807, 2.05) is 18.2 Å². The van der Waals surface area contributed by atoms with Crippen LogP contribution in [0.2, 0.25) is 0 Å². The molecule has 2 aliphatic rings. The molecule has 0 radical (unpaired) electrons. The lowest BCUT2D eigenvalue weighted by Crippen LogP contribution is -2.45. The number of amides is 2. The van der Waals surface area contributed by atoms with Crippen molar-refractivity contribution >= 4 is 6.03 Å². The number of likely N-dealkylation sites (tertiary alicyclic amines) is 1. The molecule has 1 aliphatic carbocycles. The van der Waals surface area contributed by atoms with E-state index in [1.165, 1.54) is 25.7 Å². The minimum Gasteiger partial charge on any atom is -0.396 e. The van der Waals surface area contributed by atoms with E-state index in [9.17, 15) is 9.90 Å². The Morgan fingerprint density at radius 2 is 1.96 bits per heavy atom. The highest BCUT2D eigenvalue weighted by atomic mass is 16.3. The smallest absolute Gasteiger partial charge is 0.315 e. The largest absolute Gasteiger partial charge is 0.396 e. The minimum atomic E-state index is -0.0860. The summed E-state index contributed by atoms with van der Waals surface area (Å²) in [6.45, 7) is 2.76. The number of urea groups is 1. The molecule has 2 fully saturated rings. The lowest BCUT2D eigenvalue weighted by atomic mass is 9.96. The normalized spacial score (nSPS) is 22.8. The van der Waals surface area contributed by atoms with E-state index in [4.69, 9.17) is 0 Å². The van der Waals surface area contributed by atoms with Gasteiger partial charge in [-0.3, -0.25) is 4.90 Å². The molecule has 1 saturated carbocycles. The number of aliphatic hydroxyl groups is 1. The maximum absolute atomic E-state index is 12.3. The van der Waals surface area contributed by atoms with Crippen LogP contribution in [0.1, 0.15) is 50.0 Å². The third-order valence-electron chi connectivity index (χ3n) is 5.65. The van der Waals surface area contributed by atoms with Gasteiger partial charge in [-0.1, -0.05) is 43.2 Å². The number of nitrogens with one attached hydrogen (secondary N) is 2. The lowest BCUT2D eigenvalue weighted by molar-refractivity contribution is 0.226. The average Bonchev–Trinajstić information content (AvgIpc) is 3.31. The molecule has 2 amide bonds. The molecule has 138 valence electrons. The Morgan fingerprint density at radius 1 is 1.20 bits per heavy atom. The van der Waals surface area contributed by atoms with Crippen molar-refractivity contribution in [3.05, 3.63) is 35.9 Å². The van der Waals surface area contributed by atoms with Crippen molar-refractivity contribution in [2.45, 2.75) is 56.5 Å². The molecule has 0 bridgehead atoms. The van der Waals surface area contributed by atoms with Gasteiger partial charge in [0.25, 0.3) is 0 Å². The van der Waals surface area contributed by atoms with Crippen molar-refractivity contribution in [3.63, 3.8) is 0 Å². The second-order valence-electron chi connectivity index (χ2n) is 7.39. The Labute approximate surface area is 150 Å². The van der Waals surface area contributed by atoms with Gasteiger partial charge in [0.2, 0.25) is 0 Å². The van der Waals surface area contributed by atoms with Gasteiger partial charge < -0.3 is 15.7 Å². The third-order valence-corrected chi connectivity index (χ3v) is 5.65. The van der Waals surface area contributed by atoms with Gasteiger partial charge in [-0.25, -0.2) is 4.79 Å². The molecule has 1 aromatic carbocycles. The maximum atomic E-state index is 12.3. The molecule has 0 spiro atoms. The predicted octanol–water partition coefficient (Wildman–Crippen LogP) is 2.47. The Hall–Kier alpha value is -1.59. The fourth-order valence-corrected chi connectivity index (χ4v) is 4.23. The van der Waals surface area contributed by atoms with Gasteiger partial charge in [0.05, 0.1) is 0 Å². The molecule has 5 heteroatoms. The monoisotopic (exact) mass is 345 g/mol. The van der Waals surface area contributed by atoms with Gasteiger partial charge in [0.1, 0.15) is 0 Å². The van der Waals surface area contributed by atoms with E-state index in [2.05, 4.69) is 27.7 Å². The average molecular weight is 345 g/mol. The number of carbonyl (C=O) groups excluding carboxylic acids is 1. The molecular formula is C20H31N3O2. The fourth-order valence-electron chi connectivity index (χ4n) is 4.23. The molecule has 1 aromatic rings. The second kappa shape index (κ2) is 9.20. The highest BCUT2D eigenvalue weighted by Crippen LogP contribution is 2.26. The zero-order chi connectivity index (χ0) is 17.5. The first-order valence-corrected chi connectivity index (χ1v) is 9.70. The molecular weight excluding hydrogens is 314 g/mol. The van der Waals surface area contributed by atoms with Crippen LogP contribution in [0.3, 0.4) is 0 Å². The van der Waals surface area contributed by atoms with Crippen LogP contribution in [0.15, 0.2) is 30.3 Å². The van der Waals surface area contributed by atoms with Crippen molar-refractivity contribution in [2.75, 3.05) is 26.2 Å². The standard InChI is InChI=1S/C20H31N3O2/c24-13-11-17(16-6-2-1-3-7-16)14-21-20(25)22-18-10-12-23(15-18)19-8-4-5-9-19/h1-3,6-7,17-19,24H,4-5,8-15H2,(H2,21,22,25). The Bertz CT molecular complexity index is 531. The van der Waals surface area contributed by atoms with Crippen molar-refractivity contribution in [2.24, 2.45) is 0 Å². The van der Waals surface area contributed by atoms with E-state index in [1.54, 1.807) is 0 Å². The Kier molecular flexibility index (Phi) is 6.70. The quantitative estimate of drug-likeness (QED) is 0.711. The summed E-state index contributed by atoms with van der Waals surface area (Å²) in [4.78, 5) is 14.8. The molecule has 2 atom stereocenters. The highest BCUT2D eigenvalue weighted by molar-refractivity contribution is 5.74. The van der Waals surface area contributed by atoms with Crippen molar-refractivity contribution in [1.29, 1.82) is 0 Å². The number of carbonyl (C=O) groups is 1. The summed E-state index contributed by atoms with van der Waals surface area (Å²) < 4.78 is 0. The predicted molar refractivity (Wildman–Crippen MR) is 99.7 cm³/mol. The third kappa shape index (κ3) is 5.19. The summed E-state index contributed by atoms with van der Waals surface area (Å²) in [6.07, 6.45) is 7.04. The molecule has 0 aromatic heterocycles. The number of nitrogens with zero attached hydrogens (tertiary/aromatic N) is 1. The molecule has 1 saturated heterocycles. The summed E-state index contributed by atoms with van der Waals surface area (Å²) in [5, 5.41) is 15.4. The summed E-state index contributed by atoms with van der Waals surface area (Å²) >= 11 is 0. The first-order chi connectivity index (χ1) is 12.3. The van der Waals surface area contributed by atoms with Gasteiger partial charge >= 0.3 is 6.03 Å². The molecule has 5 nitrogen and oxygen atoms in total. The summed E-state index contributed by atoms with van der Waals surface area (Å²) in [5.41, 5.74) is 1.16. The molecule has 1 aliphatic heterocycles. The van der Waals surface area contributed by atoms with Gasteiger partial charge in [0, 0.05) is 44.2 Å². The van der Waals surface area contributed by atoms with E-state index >= 15 is 0 Å². The van der Waals surface area contributed by atoms with Gasteiger partial charge in [0.15, 0.2) is 0 Å². The second-order valence-corrected chi connectivity index (χ2v) is 7.39. The molecule has 3 rings (SSSR count). The molecule has 2 unspecified atom stereocenters. The minimum absolute atomic E-state index is 0.0860. The van der Waals surface area contributed by atoms with Crippen LogP contribution in [0.25, 0.3) is 0 Å². The molecule has 3 N–H and O–H groups in total. The van der Waals surface area contributed by atoms with E-state index in [0.29, 0.717) is 13.0 Å². The van der Waals surface area contributed by atoms with Crippen LogP contribution in [-0.2, 0) is 0 Å². The fraction of sp³-hybridized carbons (Fsp3) is 0.650. The van der Waals surface area contributed by atoms with Crippen LogP contribution < -0.4 is 10.6 Å². The van der Waals surface area contributed by atoms with Crippen LogP contribution in [0.5, 0.6) is 0 Å². The van der Waals surface area contributed by atoms with Gasteiger partial charge in [-0.05, 0) is 31.2 Å². The Balaban J connectivity index is 1.42. The number of hydrogen-bond donors (Lipinski definition) is 3. The number of hydrogen-bond acceptors (Lipinski definition) is 3. The van der Waals surface area contributed by atoms with Crippen LogP contribution in [0.4, 0.5) is 4.79 Å². The van der Waals surface area contributed by atoms with Gasteiger partial charge in [-0.2, -0.15) is 0 Å². The SMILES string of the molecule is O=C(NCC(CCO)c1ccccc1)NC1CCN(C2CCCC2)C1. The molecule has 1 heterocycles. The van der Waals surface area contributed by atoms with Crippen LogP contribution in [0, 0.1) is 0 Å². The topological polar surface area (TPSA) is 64.6 Å². The number of aliphatic hydroxyl groups excluding tert-OH is 1. The zero-order valence-corrected chi connectivity index (χ0v) is 15.0. The van der Waals surface area contributed by atoms with Crippen LogP contribution in [-0.4, -0.2) is 54.4 Å². The van der Waals surface area contributed by atoms with E-state index in [-0.39, 0.29) is 24.6 Å². The number of rotatable bonds is 7.